The lowest BCUT2D eigenvalue weighted by molar-refractivity contribution is -0.139. The number of rotatable bonds is 2. The Morgan fingerprint density at radius 1 is 1.77 bits per heavy atom. The van der Waals surface area contributed by atoms with Crippen molar-refractivity contribution in [3.8, 4) is 0 Å². The number of imidazole rings is 1. The Morgan fingerprint density at radius 3 is 3.38 bits per heavy atom. The molecule has 2 heterocycles. The van der Waals surface area contributed by atoms with Crippen LogP contribution in [0.15, 0.2) is 17.8 Å². The van der Waals surface area contributed by atoms with Crippen LogP contribution in [-0.2, 0) is 16.0 Å². The first kappa shape index (κ1) is 8.25. The van der Waals surface area contributed by atoms with Crippen molar-refractivity contribution in [3.05, 3.63) is 23.6 Å². The van der Waals surface area contributed by atoms with Crippen molar-refractivity contribution in [1.82, 2.24) is 9.38 Å². The highest BCUT2D eigenvalue weighted by atomic mass is 32.1. The monoisotopic (exact) mass is 196 g/mol. The largest absolute Gasteiger partial charge is 0.469 e. The molecule has 4 nitrogen and oxygen atoms in total. The van der Waals surface area contributed by atoms with Crippen molar-refractivity contribution in [2.75, 3.05) is 7.11 Å². The molecular weight excluding hydrogens is 188 g/mol. The van der Waals surface area contributed by atoms with Crippen LogP contribution in [0.25, 0.3) is 4.83 Å². The van der Waals surface area contributed by atoms with E-state index >= 15 is 0 Å². The highest BCUT2D eigenvalue weighted by Crippen LogP contribution is 2.13. The van der Waals surface area contributed by atoms with Gasteiger partial charge in [-0.15, -0.1) is 11.3 Å². The van der Waals surface area contributed by atoms with Crippen LogP contribution < -0.4 is 0 Å². The van der Waals surface area contributed by atoms with E-state index in [1.807, 2.05) is 16.0 Å². The van der Waals surface area contributed by atoms with E-state index in [1.165, 1.54) is 7.11 Å². The smallest absolute Gasteiger partial charge is 0.313 e. The maximum absolute atomic E-state index is 11.0. The number of hydrogen-bond donors (Lipinski definition) is 0. The third kappa shape index (κ3) is 1.42. The number of nitrogens with zero attached hydrogens (tertiary/aromatic N) is 2. The molecular formula is C8H8N2O2S. The number of aromatic nitrogens is 2. The fraction of sp³-hybridized carbons (Fsp3) is 0.250. The number of fused-ring (bicyclic) bond motifs is 1. The van der Waals surface area contributed by atoms with Crippen molar-refractivity contribution < 1.29 is 9.53 Å². The summed E-state index contributed by atoms with van der Waals surface area (Å²) in [6.07, 6.45) is 3.87. The Hall–Kier alpha value is -1.36. The van der Waals surface area contributed by atoms with Gasteiger partial charge in [-0.25, -0.2) is 4.98 Å². The summed E-state index contributed by atoms with van der Waals surface area (Å²) in [4.78, 5) is 16.1. The summed E-state index contributed by atoms with van der Waals surface area (Å²) < 4.78 is 6.45. The summed E-state index contributed by atoms with van der Waals surface area (Å²) >= 11 is 1.59. The van der Waals surface area contributed by atoms with Crippen LogP contribution >= 0.6 is 11.3 Å². The predicted octanol–water partition coefficient (Wildman–Crippen LogP) is 1.11. The van der Waals surface area contributed by atoms with Gasteiger partial charge in [-0.05, 0) is 0 Å². The second-order valence-corrected chi connectivity index (χ2v) is 3.46. The van der Waals surface area contributed by atoms with Crippen molar-refractivity contribution >= 4 is 22.1 Å². The topological polar surface area (TPSA) is 43.6 Å². The lowest BCUT2D eigenvalue weighted by Gasteiger charge is -1.96. The van der Waals surface area contributed by atoms with Crippen molar-refractivity contribution in [2.24, 2.45) is 0 Å². The van der Waals surface area contributed by atoms with Crippen LogP contribution in [0.2, 0.25) is 0 Å². The molecule has 2 aromatic heterocycles. The van der Waals surface area contributed by atoms with Gasteiger partial charge in [0.2, 0.25) is 0 Å². The molecule has 0 aliphatic carbocycles. The van der Waals surface area contributed by atoms with E-state index in [4.69, 9.17) is 0 Å². The Bertz CT molecular complexity index is 432. The molecule has 2 aromatic rings. The molecule has 13 heavy (non-hydrogen) atoms. The molecule has 0 amide bonds. The number of carbonyl (C=O) groups excluding carboxylic acids is 1. The lowest BCUT2D eigenvalue weighted by Crippen LogP contribution is -2.07. The molecule has 0 N–H and O–H groups in total. The fourth-order valence-electron chi connectivity index (χ4n) is 1.12. The van der Waals surface area contributed by atoms with Gasteiger partial charge in [-0.2, -0.15) is 0 Å². The van der Waals surface area contributed by atoms with Crippen LogP contribution in [-0.4, -0.2) is 22.5 Å². The van der Waals surface area contributed by atoms with Crippen molar-refractivity contribution in [2.45, 2.75) is 6.42 Å². The molecule has 0 saturated heterocycles. The van der Waals surface area contributed by atoms with E-state index < -0.39 is 0 Å². The van der Waals surface area contributed by atoms with E-state index in [0.717, 1.165) is 10.7 Å². The quantitative estimate of drug-likeness (QED) is 0.676. The Morgan fingerprint density at radius 2 is 2.62 bits per heavy atom. The van der Waals surface area contributed by atoms with Gasteiger partial charge in [0.1, 0.15) is 17.1 Å². The minimum atomic E-state index is -0.265. The van der Waals surface area contributed by atoms with Gasteiger partial charge < -0.3 is 4.74 Å². The summed E-state index contributed by atoms with van der Waals surface area (Å²) in [6, 6.07) is 0. The number of esters is 1. The number of ether oxygens (including phenoxy) is 1. The van der Waals surface area contributed by atoms with Gasteiger partial charge in [0.15, 0.2) is 0 Å². The number of thiazole rings is 1. The first-order valence-electron chi connectivity index (χ1n) is 3.77. The van der Waals surface area contributed by atoms with Gasteiger partial charge in [-0.3, -0.25) is 9.20 Å². The van der Waals surface area contributed by atoms with Crippen LogP contribution in [0.3, 0.4) is 0 Å². The second kappa shape index (κ2) is 3.18. The predicted molar refractivity (Wildman–Crippen MR) is 48.8 cm³/mol. The zero-order valence-corrected chi connectivity index (χ0v) is 7.87. The summed E-state index contributed by atoms with van der Waals surface area (Å²) in [7, 11) is 1.38. The molecule has 0 fully saturated rings. The van der Waals surface area contributed by atoms with Crippen molar-refractivity contribution in [1.29, 1.82) is 0 Å². The number of carbonyl (C=O) groups is 1. The normalized spacial score (nSPS) is 10.5. The van der Waals surface area contributed by atoms with E-state index in [-0.39, 0.29) is 12.4 Å². The zero-order valence-electron chi connectivity index (χ0n) is 7.06. The summed E-state index contributed by atoms with van der Waals surface area (Å²) in [6.45, 7) is 0. The van der Waals surface area contributed by atoms with Gasteiger partial charge in [0.25, 0.3) is 0 Å². The maximum Gasteiger partial charge on any atom is 0.313 e. The molecule has 2 rings (SSSR count). The second-order valence-electron chi connectivity index (χ2n) is 2.54. The van der Waals surface area contributed by atoms with Crippen LogP contribution in [0.5, 0.6) is 0 Å². The molecule has 0 radical (unpaired) electrons. The molecule has 0 unspecified atom stereocenters. The third-order valence-electron chi connectivity index (χ3n) is 1.77. The molecule has 68 valence electrons. The molecule has 0 saturated carbocycles. The number of methoxy groups -OCH3 is 1. The zero-order chi connectivity index (χ0) is 9.26. The van der Waals surface area contributed by atoms with Gasteiger partial charge >= 0.3 is 5.97 Å². The highest BCUT2D eigenvalue weighted by Gasteiger charge is 2.09. The first-order chi connectivity index (χ1) is 6.31. The van der Waals surface area contributed by atoms with E-state index in [0.29, 0.717) is 0 Å². The molecule has 0 aliphatic rings. The van der Waals surface area contributed by atoms with E-state index in [2.05, 4.69) is 9.72 Å². The Balaban J connectivity index is 2.33. The average molecular weight is 196 g/mol. The van der Waals surface area contributed by atoms with Crippen LogP contribution in [0, 0.1) is 0 Å². The Kier molecular flexibility index (Phi) is 2.02. The molecule has 0 bridgehead atoms. The highest BCUT2D eigenvalue weighted by molar-refractivity contribution is 7.15. The molecule has 0 aromatic carbocycles. The first-order valence-corrected chi connectivity index (χ1v) is 4.65. The SMILES string of the molecule is COC(=O)Cc1ncc2sccn12. The van der Waals surface area contributed by atoms with Crippen LogP contribution in [0.1, 0.15) is 5.82 Å². The minimum absolute atomic E-state index is 0.224. The third-order valence-corrected chi connectivity index (χ3v) is 2.57. The summed E-state index contributed by atoms with van der Waals surface area (Å²) in [5, 5.41) is 1.96. The van der Waals surface area contributed by atoms with Crippen LogP contribution in [0.4, 0.5) is 0 Å². The fourth-order valence-corrected chi connectivity index (χ4v) is 1.84. The minimum Gasteiger partial charge on any atom is -0.469 e. The molecule has 0 spiro atoms. The maximum atomic E-state index is 11.0. The standard InChI is InChI=1S/C8H8N2O2S/c1-12-8(11)4-6-9-5-7-10(6)2-3-13-7/h2-3,5H,4H2,1H3. The van der Waals surface area contributed by atoms with Crippen molar-refractivity contribution in [3.63, 3.8) is 0 Å². The van der Waals surface area contributed by atoms with Gasteiger partial charge in [0.05, 0.1) is 13.3 Å². The molecule has 0 atom stereocenters. The number of hydrogen-bond acceptors (Lipinski definition) is 4. The average Bonchev–Trinajstić information content (AvgIpc) is 2.69. The lowest BCUT2D eigenvalue weighted by atomic mass is 10.4. The summed E-state index contributed by atoms with van der Waals surface area (Å²) in [5.41, 5.74) is 0. The molecule has 5 heteroatoms. The summed E-state index contributed by atoms with van der Waals surface area (Å²) in [5.74, 6) is 0.460. The van der Waals surface area contributed by atoms with Gasteiger partial charge in [-0.1, -0.05) is 0 Å². The van der Waals surface area contributed by atoms with E-state index in [1.54, 1.807) is 17.5 Å². The van der Waals surface area contributed by atoms with E-state index in [9.17, 15) is 4.79 Å². The Labute approximate surface area is 78.8 Å². The molecule has 0 aliphatic heterocycles. The van der Waals surface area contributed by atoms with Gasteiger partial charge in [0, 0.05) is 11.6 Å².